The van der Waals surface area contributed by atoms with Gasteiger partial charge in [0.05, 0.1) is 25.2 Å². The Bertz CT molecular complexity index is 1320. The number of H-pyrrole nitrogens is 1. The van der Waals surface area contributed by atoms with Gasteiger partial charge in [0.1, 0.15) is 11.6 Å². The Kier molecular flexibility index (Phi) is 8.78. The molecule has 0 fully saturated rings. The largest absolute Gasteiger partial charge is 0.493 e. The summed E-state index contributed by atoms with van der Waals surface area (Å²) < 4.78 is 11.1. The summed E-state index contributed by atoms with van der Waals surface area (Å²) in [6.07, 6.45) is 0.843. The predicted molar refractivity (Wildman–Crippen MR) is 142 cm³/mol. The Morgan fingerprint density at radius 2 is 1.89 bits per heavy atom. The number of hydrogen-bond donors (Lipinski definition) is 2. The van der Waals surface area contributed by atoms with E-state index in [2.05, 4.69) is 36.1 Å². The smallest absolute Gasteiger partial charge is 0.270 e. The molecule has 0 bridgehead atoms. The quantitative estimate of drug-likeness (QED) is 0.305. The number of hydrogen-bond acceptors (Lipinski definition) is 7. The fraction of sp³-hybridized carbons (Fsp3) is 0.333. The van der Waals surface area contributed by atoms with Crippen molar-refractivity contribution >= 4 is 23.4 Å². The highest BCUT2D eigenvalue weighted by Crippen LogP contribution is 2.33. The summed E-state index contributed by atoms with van der Waals surface area (Å²) in [7, 11) is 1.52. The molecule has 0 saturated heterocycles. The number of rotatable bonds is 9. The summed E-state index contributed by atoms with van der Waals surface area (Å²) >= 11 is 1.08. The predicted octanol–water partition coefficient (Wildman–Crippen LogP) is 5.13. The molecule has 0 spiro atoms. The Morgan fingerprint density at radius 3 is 2.50 bits per heavy atom. The summed E-state index contributed by atoms with van der Waals surface area (Å²) in [6, 6.07) is 14.7. The van der Waals surface area contributed by atoms with E-state index in [1.807, 2.05) is 37.3 Å². The van der Waals surface area contributed by atoms with Gasteiger partial charge in [-0.15, -0.1) is 0 Å². The summed E-state index contributed by atoms with van der Waals surface area (Å²) in [5, 5.41) is 12.6. The first-order valence-corrected chi connectivity index (χ1v) is 12.5. The van der Waals surface area contributed by atoms with Crippen molar-refractivity contribution in [2.75, 3.05) is 24.8 Å². The zero-order valence-corrected chi connectivity index (χ0v) is 21.9. The first-order valence-electron chi connectivity index (χ1n) is 11.5. The number of amides is 1. The van der Waals surface area contributed by atoms with E-state index in [0.29, 0.717) is 29.4 Å². The fourth-order valence-corrected chi connectivity index (χ4v) is 4.02. The number of nitriles is 1. The molecule has 0 saturated carbocycles. The molecule has 36 heavy (non-hydrogen) atoms. The van der Waals surface area contributed by atoms with Crippen LogP contribution in [0.2, 0.25) is 0 Å². The van der Waals surface area contributed by atoms with Gasteiger partial charge in [0.25, 0.3) is 5.56 Å². The Hall–Kier alpha value is -3.77. The molecular weight excluding hydrogens is 476 g/mol. The van der Waals surface area contributed by atoms with Crippen molar-refractivity contribution in [1.82, 2.24) is 9.97 Å². The van der Waals surface area contributed by atoms with Crippen molar-refractivity contribution < 1.29 is 14.3 Å². The highest BCUT2D eigenvalue weighted by atomic mass is 32.2. The van der Waals surface area contributed by atoms with Crippen LogP contribution in [0.15, 0.2) is 52.4 Å². The van der Waals surface area contributed by atoms with Crippen molar-refractivity contribution in [3.05, 3.63) is 63.9 Å². The van der Waals surface area contributed by atoms with Crippen LogP contribution in [-0.2, 0) is 10.2 Å². The van der Waals surface area contributed by atoms with E-state index in [1.54, 1.807) is 18.2 Å². The van der Waals surface area contributed by atoms with Gasteiger partial charge >= 0.3 is 0 Å². The van der Waals surface area contributed by atoms with Crippen molar-refractivity contribution in [2.45, 2.75) is 44.7 Å². The normalized spacial score (nSPS) is 11.0. The molecule has 1 amide bonds. The molecule has 0 aliphatic heterocycles. The van der Waals surface area contributed by atoms with Crippen LogP contribution >= 0.6 is 11.8 Å². The van der Waals surface area contributed by atoms with E-state index in [9.17, 15) is 14.9 Å². The fourth-order valence-electron chi connectivity index (χ4n) is 3.36. The molecule has 2 aromatic carbocycles. The average molecular weight is 507 g/mol. The van der Waals surface area contributed by atoms with Crippen LogP contribution in [0.4, 0.5) is 5.69 Å². The minimum absolute atomic E-state index is 0.0239. The van der Waals surface area contributed by atoms with E-state index in [4.69, 9.17) is 9.47 Å². The lowest BCUT2D eigenvalue weighted by molar-refractivity contribution is -0.113. The molecule has 0 unspecified atom stereocenters. The van der Waals surface area contributed by atoms with Gasteiger partial charge in [-0.25, -0.2) is 4.98 Å². The number of benzene rings is 2. The van der Waals surface area contributed by atoms with Crippen LogP contribution in [0.1, 0.15) is 45.2 Å². The van der Waals surface area contributed by atoms with Gasteiger partial charge in [0.2, 0.25) is 5.91 Å². The molecule has 9 heteroatoms. The molecule has 3 aromatic rings. The molecule has 188 valence electrons. The third-order valence-corrected chi connectivity index (χ3v) is 6.16. The lowest BCUT2D eigenvalue weighted by Crippen LogP contribution is -2.17. The molecule has 3 rings (SSSR count). The number of ether oxygens (including phenoxy) is 2. The monoisotopic (exact) mass is 506 g/mol. The second-order valence-electron chi connectivity index (χ2n) is 9.08. The standard InChI is InChI=1S/C27H30N4O4S/c1-6-13-35-21-12-7-17(14-22(21)34-5)24-20(15-28)25(33)31-26(30-24)36-16-23(32)29-19-10-8-18(9-11-19)27(2,3)4/h7-12,14H,6,13,16H2,1-5H3,(H,29,32)(H,30,31,33). The topological polar surface area (TPSA) is 117 Å². The lowest BCUT2D eigenvalue weighted by Gasteiger charge is -2.19. The molecular formula is C27H30N4O4S. The van der Waals surface area contributed by atoms with Crippen LogP contribution in [-0.4, -0.2) is 35.3 Å². The second-order valence-corrected chi connectivity index (χ2v) is 10.0. The molecule has 0 aliphatic rings. The third-order valence-electron chi connectivity index (χ3n) is 5.28. The second kappa shape index (κ2) is 11.8. The van der Waals surface area contributed by atoms with E-state index in [1.165, 1.54) is 12.7 Å². The molecule has 0 atom stereocenters. The maximum absolute atomic E-state index is 12.6. The van der Waals surface area contributed by atoms with Crippen molar-refractivity contribution in [3.8, 4) is 28.8 Å². The number of aromatic nitrogens is 2. The maximum atomic E-state index is 12.6. The number of nitrogens with zero attached hydrogens (tertiary/aromatic N) is 2. The van der Waals surface area contributed by atoms with Crippen molar-refractivity contribution in [2.24, 2.45) is 0 Å². The molecule has 0 aliphatic carbocycles. The number of nitrogens with one attached hydrogen (secondary N) is 2. The Labute approximate surface area is 215 Å². The zero-order chi connectivity index (χ0) is 26.3. The van der Waals surface area contributed by atoms with E-state index in [-0.39, 0.29) is 33.5 Å². The highest BCUT2D eigenvalue weighted by molar-refractivity contribution is 7.99. The van der Waals surface area contributed by atoms with Crippen LogP contribution in [0.3, 0.4) is 0 Å². The van der Waals surface area contributed by atoms with Crippen LogP contribution in [0.25, 0.3) is 11.3 Å². The number of carbonyl (C=O) groups excluding carboxylic acids is 1. The van der Waals surface area contributed by atoms with Crippen molar-refractivity contribution in [1.29, 1.82) is 5.26 Å². The minimum Gasteiger partial charge on any atom is -0.493 e. The van der Waals surface area contributed by atoms with Gasteiger partial charge in [0.15, 0.2) is 16.7 Å². The molecule has 1 aromatic heterocycles. The minimum atomic E-state index is -0.576. The number of carbonyl (C=O) groups is 1. The van der Waals surface area contributed by atoms with E-state index < -0.39 is 5.56 Å². The van der Waals surface area contributed by atoms with Gasteiger partial charge in [-0.05, 0) is 47.7 Å². The third kappa shape index (κ3) is 6.67. The Morgan fingerprint density at radius 1 is 1.17 bits per heavy atom. The number of anilines is 1. The van der Waals surface area contributed by atoms with E-state index >= 15 is 0 Å². The van der Waals surface area contributed by atoms with Crippen LogP contribution in [0.5, 0.6) is 11.5 Å². The summed E-state index contributed by atoms with van der Waals surface area (Å²) in [6.45, 7) is 8.92. The molecule has 0 radical (unpaired) electrons. The van der Waals surface area contributed by atoms with Gasteiger partial charge < -0.3 is 19.8 Å². The Balaban J connectivity index is 1.78. The lowest BCUT2D eigenvalue weighted by atomic mass is 9.87. The van der Waals surface area contributed by atoms with Gasteiger partial charge in [-0.3, -0.25) is 9.59 Å². The molecule has 1 heterocycles. The molecule has 8 nitrogen and oxygen atoms in total. The first-order chi connectivity index (χ1) is 17.2. The zero-order valence-electron chi connectivity index (χ0n) is 21.1. The first kappa shape index (κ1) is 26.8. The van der Waals surface area contributed by atoms with Crippen LogP contribution < -0.4 is 20.3 Å². The number of aromatic amines is 1. The highest BCUT2D eigenvalue weighted by Gasteiger charge is 2.17. The average Bonchev–Trinajstić information content (AvgIpc) is 2.85. The van der Waals surface area contributed by atoms with Crippen molar-refractivity contribution in [3.63, 3.8) is 0 Å². The molecule has 2 N–H and O–H groups in total. The number of thioether (sulfide) groups is 1. The SMILES string of the molecule is CCCOc1ccc(-c2nc(SCC(=O)Nc3ccc(C(C)(C)C)cc3)[nH]c(=O)c2C#N)cc1OC. The summed E-state index contributed by atoms with van der Waals surface area (Å²) in [4.78, 5) is 32.1. The summed E-state index contributed by atoms with van der Waals surface area (Å²) in [5.74, 6) is 0.824. The van der Waals surface area contributed by atoms with E-state index in [0.717, 1.165) is 18.2 Å². The van der Waals surface area contributed by atoms with Gasteiger partial charge in [-0.1, -0.05) is 51.6 Å². The van der Waals surface area contributed by atoms with Gasteiger partial charge in [-0.2, -0.15) is 5.26 Å². The number of methoxy groups -OCH3 is 1. The maximum Gasteiger partial charge on any atom is 0.270 e. The van der Waals surface area contributed by atoms with Crippen LogP contribution in [0, 0.1) is 11.3 Å². The van der Waals surface area contributed by atoms with Gasteiger partial charge in [0, 0.05) is 11.3 Å². The summed E-state index contributed by atoms with van der Waals surface area (Å²) in [5.41, 5.74) is 1.93.